The highest BCUT2D eigenvalue weighted by atomic mass is 19.1. The summed E-state index contributed by atoms with van der Waals surface area (Å²) in [5.41, 5.74) is 5.83. The summed E-state index contributed by atoms with van der Waals surface area (Å²) in [6.45, 7) is 6.79. The fourth-order valence-electron chi connectivity index (χ4n) is 9.54. The van der Waals surface area contributed by atoms with Crippen molar-refractivity contribution in [2.75, 3.05) is 26.9 Å². The maximum atomic E-state index is 14.2. The summed E-state index contributed by atoms with van der Waals surface area (Å²) < 4.78 is 40.5. The number of amides is 1. The van der Waals surface area contributed by atoms with E-state index in [1.165, 1.54) is 19.2 Å². The van der Waals surface area contributed by atoms with E-state index in [1.807, 2.05) is 67.6 Å². The molecule has 12 heteroatoms. The van der Waals surface area contributed by atoms with Crippen LogP contribution >= 0.6 is 0 Å². The van der Waals surface area contributed by atoms with Crippen LogP contribution in [0, 0.1) is 30.5 Å². The molecule has 2 aliphatic carbocycles. The van der Waals surface area contributed by atoms with Crippen LogP contribution in [0.15, 0.2) is 120 Å². The van der Waals surface area contributed by atoms with Crippen molar-refractivity contribution in [1.29, 1.82) is 0 Å². The van der Waals surface area contributed by atoms with Gasteiger partial charge in [0.1, 0.15) is 36.6 Å². The van der Waals surface area contributed by atoms with Crippen LogP contribution in [0.5, 0.6) is 11.5 Å². The van der Waals surface area contributed by atoms with Gasteiger partial charge in [0, 0.05) is 43.4 Å². The molecule has 0 spiro atoms. The molecule has 0 saturated heterocycles. The third kappa shape index (κ3) is 10.0. The maximum absolute atomic E-state index is 14.2. The van der Waals surface area contributed by atoms with Gasteiger partial charge in [-0.1, -0.05) is 78.7 Å². The lowest BCUT2D eigenvalue weighted by atomic mass is 9.55. The molecule has 4 aromatic rings. The fourth-order valence-corrected chi connectivity index (χ4v) is 9.54. The van der Waals surface area contributed by atoms with E-state index >= 15 is 0 Å². The number of rotatable bonds is 20. The molecule has 2 heterocycles. The minimum atomic E-state index is -1.50. The van der Waals surface area contributed by atoms with Crippen molar-refractivity contribution in [2.45, 2.75) is 89.4 Å². The normalized spacial score (nSPS) is 23.0. The summed E-state index contributed by atoms with van der Waals surface area (Å²) >= 11 is 0. The first kappa shape index (κ1) is 44.5. The number of hydrogen-bond donors (Lipinski definition) is 2. The monoisotopic (exact) mass is 847 g/mol. The Morgan fingerprint density at radius 2 is 1.74 bits per heavy atom. The zero-order valence-corrected chi connectivity index (χ0v) is 35.7. The molecule has 6 unspecified atom stereocenters. The number of allylic oxidation sites excluding steroid dienone is 1. The predicted octanol–water partition coefficient (Wildman–Crippen LogP) is 9.21. The van der Waals surface area contributed by atoms with Crippen molar-refractivity contribution in [1.82, 2.24) is 9.88 Å². The summed E-state index contributed by atoms with van der Waals surface area (Å²) in [5.74, 6) is -1.36. The number of aliphatic hydroxyl groups is 2. The predicted molar refractivity (Wildman–Crippen MR) is 234 cm³/mol. The number of nitrogens with zero attached hydrogens (tertiary/aromatic N) is 3. The maximum Gasteiger partial charge on any atom is 0.410 e. The van der Waals surface area contributed by atoms with Gasteiger partial charge < -0.3 is 34.0 Å². The molecule has 2 N–H and O–H groups in total. The zero-order valence-electron chi connectivity index (χ0n) is 35.7. The van der Waals surface area contributed by atoms with Crippen LogP contribution in [0.2, 0.25) is 0 Å². The van der Waals surface area contributed by atoms with Gasteiger partial charge in [-0.2, -0.15) is 0 Å². The molecule has 1 fully saturated rings. The van der Waals surface area contributed by atoms with Crippen LogP contribution in [0.1, 0.15) is 78.9 Å². The van der Waals surface area contributed by atoms with Gasteiger partial charge in [0.05, 0.1) is 31.0 Å². The first-order chi connectivity index (χ1) is 30.3. The Kier molecular flexibility index (Phi) is 15.1. The average molecular weight is 848 g/mol. The highest BCUT2D eigenvalue weighted by molar-refractivity contribution is 6.03. The summed E-state index contributed by atoms with van der Waals surface area (Å²) in [6.07, 6.45) is 8.01. The fraction of sp³-hybridized carbons (Fsp3) is 0.420. The molecule has 0 bridgehead atoms. The highest BCUT2D eigenvalue weighted by Gasteiger charge is 2.65. The van der Waals surface area contributed by atoms with Crippen molar-refractivity contribution in [3.63, 3.8) is 0 Å². The van der Waals surface area contributed by atoms with Gasteiger partial charge in [0.15, 0.2) is 0 Å². The lowest BCUT2D eigenvalue weighted by Crippen LogP contribution is -2.70. The van der Waals surface area contributed by atoms with Crippen molar-refractivity contribution < 1.29 is 43.2 Å². The van der Waals surface area contributed by atoms with Crippen LogP contribution in [0.3, 0.4) is 0 Å². The molecule has 0 radical (unpaired) electrons. The van der Waals surface area contributed by atoms with Crippen LogP contribution in [-0.2, 0) is 34.1 Å². The molecule has 3 aliphatic rings. The van der Waals surface area contributed by atoms with E-state index in [2.05, 4.69) is 23.7 Å². The lowest BCUT2D eigenvalue weighted by Gasteiger charge is -2.59. The third-order valence-corrected chi connectivity index (χ3v) is 12.3. The molecule has 7 rings (SSSR count). The molecule has 1 saturated carbocycles. The Morgan fingerprint density at radius 1 is 0.968 bits per heavy atom. The smallest absolute Gasteiger partial charge is 0.410 e. The van der Waals surface area contributed by atoms with Gasteiger partial charge in [-0.25, -0.2) is 9.18 Å². The number of aliphatic hydroxyl groups excluding tert-OH is 2. The third-order valence-electron chi connectivity index (χ3n) is 12.3. The van der Waals surface area contributed by atoms with E-state index in [9.17, 15) is 19.4 Å². The van der Waals surface area contributed by atoms with Gasteiger partial charge in [-0.3, -0.25) is 9.88 Å². The number of carbonyl (C=O) groups excluding carboxylic acids is 1. The molecule has 3 aromatic carbocycles. The van der Waals surface area contributed by atoms with Gasteiger partial charge in [0.25, 0.3) is 0 Å². The van der Waals surface area contributed by atoms with E-state index in [1.54, 1.807) is 23.1 Å². The molecule has 328 valence electrons. The van der Waals surface area contributed by atoms with E-state index in [4.69, 9.17) is 28.9 Å². The number of methoxy groups -OCH3 is 1. The average Bonchev–Trinajstić information content (AvgIpc) is 3.29. The van der Waals surface area contributed by atoms with Gasteiger partial charge in [-0.15, -0.1) is 6.58 Å². The molecule has 62 heavy (non-hydrogen) atoms. The van der Waals surface area contributed by atoms with E-state index in [0.29, 0.717) is 35.6 Å². The largest absolute Gasteiger partial charge is 0.487 e. The van der Waals surface area contributed by atoms with Gasteiger partial charge >= 0.3 is 6.09 Å². The van der Waals surface area contributed by atoms with Gasteiger partial charge in [0.2, 0.25) is 5.79 Å². The Balaban J connectivity index is 1.42. The summed E-state index contributed by atoms with van der Waals surface area (Å²) in [7, 11) is 1.34. The van der Waals surface area contributed by atoms with Crippen molar-refractivity contribution in [2.24, 2.45) is 22.9 Å². The number of hydrogen-bond acceptors (Lipinski definition) is 10. The number of ether oxygens (including phenoxy) is 4. The molecule has 1 aliphatic heterocycles. The van der Waals surface area contributed by atoms with Crippen LogP contribution < -0.4 is 9.47 Å². The lowest BCUT2D eigenvalue weighted by molar-refractivity contribution is -0.256. The Morgan fingerprint density at radius 3 is 2.47 bits per heavy atom. The SMILES string of the molecule is C=CCOC12Oc3ccc(OCc4cccc(C)n4)cc3C3C(CCCCO)C(CCCCO)C=C(C(=NOCc4ccccc4)CC1N(Cc1ccc(F)cc1)C(=O)OC)C32. The second-order valence-electron chi connectivity index (χ2n) is 16.3. The van der Waals surface area contributed by atoms with Crippen molar-refractivity contribution in [3.8, 4) is 11.5 Å². The van der Waals surface area contributed by atoms with Crippen LogP contribution in [0.25, 0.3) is 0 Å². The molecule has 1 aromatic heterocycles. The second-order valence-corrected chi connectivity index (χ2v) is 16.3. The van der Waals surface area contributed by atoms with E-state index in [-0.39, 0.29) is 63.8 Å². The molecular weight excluding hydrogens is 790 g/mol. The van der Waals surface area contributed by atoms with Crippen molar-refractivity contribution in [3.05, 3.63) is 149 Å². The number of halogens is 1. The number of unbranched alkanes of at least 4 members (excludes halogenated alkanes) is 2. The number of carbonyl (C=O) groups is 1. The number of benzene rings is 3. The van der Waals surface area contributed by atoms with Crippen LogP contribution in [0.4, 0.5) is 9.18 Å². The van der Waals surface area contributed by atoms with Gasteiger partial charge in [-0.05, 0) is 104 Å². The van der Waals surface area contributed by atoms with E-state index in [0.717, 1.165) is 53.8 Å². The zero-order chi connectivity index (χ0) is 43.5. The second kappa shape index (κ2) is 21.0. The van der Waals surface area contributed by atoms with Crippen LogP contribution in [-0.4, -0.2) is 70.7 Å². The number of fused-ring (bicyclic) bond motifs is 2. The first-order valence-corrected chi connectivity index (χ1v) is 21.7. The Labute approximate surface area is 363 Å². The van der Waals surface area contributed by atoms with Crippen molar-refractivity contribution >= 4 is 11.8 Å². The van der Waals surface area contributed by atoms with E-state index < -0.39 is 29.7 Å². The molecular formula is C50H58FN3O8. The summed E-state index contributed by atoms with van der Waals surface area (Å²) in [6, 6.07) is 26.7. The Hall–Kier alpha value is -5.56. The Bertz CT molecular complexity index is 2180. The molecule has 11 nitrogen and oxygen atoms in total. The number of pyridine rings is 1. The summed E-state index contributed by atoms with van der Waals surface area (Å²) in [4.78, 5) is 26.6. The standard InChI is InChI=1S/C50H58FN3O8/c1-4-27-60-50-46(54(49(57)58-3)31-35-19-21-38(51)22-20-35)30-44(53-61-32-36-14-6-5-7-15-36)42-28-37(16-8-10-25-55)41(18-9-11-26-56)47(48(42)50)43-29-40(23-24-45(43)62-50)59-33-39-17-12-13-34(2)52-39/h4-7,12-15,17,19-24,28-29,37,41,46-48,55-56H,1,8-11,16,18,25-27,30-33H2,2-3H3. The minimum Gasteiger partial charge on any atom is -0.487 e. The number of aromatic nitrogens is 1. The molecule has 1 amide bonds. The highest BCUT2D eigenvalue weighted by Crippen LogP contribution is 2.62. The number of aryl methyl sites for hydroxylation is 1. The number of oxime groups is 1. The quantitative estimate of drug-likeness (QED) is 0.0508. The molecule has 6 atom stereocenters. The topological polar surface area (TPSA) is 132 Å². The first-order valence-electron chi connectivity index (χ1n) is 21.7. The summed E-state index contributed by atoms with van der Waals surface area (Å²) in [5, 5.41) is 24.8. The minimum absolute atomic E-state index is 0.0194.